The van der Waals surface area contributed by atoms with Crippen molar-refractivity contribution in [3.8, 4) is 0 Å². The van der Waals surface area contributed by atoms with Gasteiger partial charge in [-0.15, -0.1) is 0 Å². The number of carboxylic acid groups (broad SMARTS) is 3. The molecule has 0 saturated carbocycles. The second-order valence-corrected chi connectivity index (χ2v) is 1.53. The van der Waals surface area contributed by atoms with Gasteiger partial charge in [0.2, 0.25) is 0 Å². The molecule has 0 bridgehead atoms. The summed E-state index contributed by atoms with van der Waals surface area (Å²) < 4.78 is 0. The van der Waals surface area contributed by atoms with Gasteiger partial charge in [-0.2, -0.15) is 0 Å². The van der Waals surface area contributed by atoms with Gasteiger partial charge in [-0.1, -0.05) is 0 Å². The van der Waals surface area contributed by atoms with Crippen LogP contribution in [0.5, 0.6) is 0 Å². The summed E-state index contributed by atoms with van der Waals surface area (Å²) in [5.74, 6) is -2.75. The molecule has 0 unspecified atom stereocenters. The molecule has 0 rings (SSSR count). The molecule has 0 aliphatic rings. The summed E-state index contributed by atoms with van der Waals surface area (Å²) in [6, 6.07) is 0. The van der Waals surface area contributed by atoms with Crippen molar-refractivity contribution in [2.75, 3.05) is 0 Å². The summed E-state index contributed by atoms with van der Waals surface area (Å²) >= 11 is 0. The smallest absolute Gasteiger partial charge is 0.300 e. The minimum Gasteiger partial charge on any atom is -0.550 e. The van der Waals surface area contributed by atoms with Crippen molar-refractivity contribution >= 4 is 17.9 Å². The van der Waals surface area contributed by atoms with E-state index in [2.05, 4.69) is 0 Å². The Morgan fingerprint density at radius 1 is 0.929 bits per heavy atom. The van der Waals surface area contributed by atoms with Gasteiger partial charge in [0.25, 0.3) is 11.9 Å². The van der Waals surface area contributed by atoms with Crippen LogP contribution in [0.3, 0.4) is 0 Å². The van der Waals surface area contributed by atoms with Gasteiger partial charge in [0.05, 0.1) is 0 Å². The van der Waals surface area contributed by atoms with Crippen LogP contribution in [-0.2, 0) is 14.4 Å². The Kier molecular flexibility index (Phi) is 47.9. The molecule has 7 nitrogen and oxygen atoms in total. The number of carboxylic acids is 3. The molecule has 0 atom stereocenters. The second kappa shape index (κ2) is 23.0. The van der Waals surface area contributed by atoms with Gasteiger partial charge in [0, 0.05) is 61.6 Å². The fourth-order valence-corrected chi connectivity index (χ4v) is 0. The minimum atomic E-state index is -1.08. The van der Waals surface area contributed by atoms with Crippen molar-refractivity contribution in [3.05, 3.63) is 0 Å². The van der Waals surface area contributed by atoms with E-state index in [9.17, 15) is 0 Å². The molecule has 0 radical (unpaired) electrons. The van der Waals surface area contributed by atoms with E-state index in [0.29, 0.717) is 0 Å². The van der Waals surface area contributed by atoms with Crippen LogP contribution in [0.2, 0.25) is 0 Å². The predicted molar refractivity (Wildman–Crippen MR) is 43.3 cm³/mol. The maximum absolute atomic E-state index is 9.00. The number of carbonyl (C=O) groups excluding carboxylic acids is 1. The molecular formula is C6H15CeNO6. The van der Waals surface area contributed by atoms with Crippen LogP contribution in [0.15, 0.2) is 0 Å². The molecule has 0 aliphatic carbocycles. The van der Waals surface area contributed by atoms with Crippen molar-refractivity contribution in [2.24, 2.45) is 0 Å². The summed E-state index contributed by atoms with van der Waals surface area (Å²) in [6.45, 7) is 3.14. The third-order valence-electron chi connectivity index (χ3n) is 0. The number of quaternary nitrogens is 1. The first-order valence-electron chi connectivity index (χ1n) is 2.76. The zero-order chi connectivity index (χ0) is 10.7. The summed E-state index contributed by atoms with van der Waals surface area (Å²) in [5, 5.41) is 23.7. The molecular weight excluding hydrogens is 322 g/mol. The van der Waals surface area contributed by atoms with Gasteiger partial charge < -0.3 is 26.3 Å². The molecule has 0 heterocycles. The molecule has 84 valence electrons. The number of rotatable bonds is 0. The van der Waals surface area contributed by atoms with Crippen LogP contribution < -0.4 is 11.3 Å². The van der Waals surface area contributed by atoms with Crippen LogP contribution in [0.4, 0.5) is 0 Å². The van der Waals surface area contributed by atoms with Gasteiger partial charge in [-0.25, -0.2) is 0 Å². The Morgan fingerprint density at radius 2 is 0.929 bits per heavy atom. The van der Waals surface area contributed by atoms with Crippen molar-refractivity contribution in [3.63, 3.8) is 0 Å². The standard InChI is InChI=1S/3C2H4O2.Ce.H3N/c3*1-2(3)4;;/h3*1H3,(H,3,4);;1H3. The van der Waals surface area contributed by atoms with Crippen LogP contribution >= 0.6 is 0 Å². The molecule has 0 amide bonds. The average molecular weight is 337 g/mol. The molecule has 0 aromatic carbocycles. The van der Waals surface area contributed by atoms with E-state index >= 15 is 0 Å². The Labute approximate surface area is 115 Å². The first-order chi connectivity index (χ1) is 5.20. The van der Waals surface area contributed by atoms with E-state index in [1.54, 1.807) is 0 Å². The average Bonchev–Trinajstić information content (AvgIpc) is 1.54. The second-order valence-electron chi connectivity index (χ2n) is 1.53. The van der Waals surface area contributed by atoms with Crippen LogP contribution in [0, 0.1) is 41.7 Å². The third kappa shape index (κ3) is 21100. The van der Waals surface area contributed by atoms with Crippen molar-refractivity contribution in [2.45, 2.75) is 20.8 Å². The first kappa shape index (κ1) is 29.2. The van der Waals surface area contributed by atoms with Crippen molar-refractivity contribution in [1.29, 1.82) is 0 Å². The van der Waals surface area contributed by atoms with Crippen LogP contribution in [0.1, 0.15) is 20.8 Å². The predicted octanol–water partition coefficient (Wildman–Crippen LogP) is -0.686. The summed E-state index contributed by atoms with van der Waals surface area (Å²) in [5.41, 5.74) is 0. The number of aliphatic carboxylic acids is 3. The summed E-state index contributed by atoms with van der Waals surface area (Å²) in [7, 11) is 0. The molecule has 0 spiro atoms. The van der Waals surface area contributed by atoms with Crippen LogP contribution in [-0.4, -0.2) is 28.1 Å². The number of carbonyl (C=O) groups is 3. The van der Waals surface area contributed by atoms with Gasteiger partial charge in [0.15, 0.2) is 0 Å². The number of hydrogen-bond acceptors (Lipinski definition) is 4. The van der Waals surface area contributed by atoms with Gasteiger partial charge in [0.1, 0.15) is 0 Å². The fourth-order valence-electron chi connectivity index (χ4n) is 0. The third-order valence-corrected chi connectivity index (χ3v) is 0. The first-order valence-corrected chi connectivity index (χ1v) is 2.76. The van der Waals surface area contributed by atoms with Gasteiger partial charge in [-0.05, 0) is 6.92 Å². The molecule has 0 aliphatic heterocycles. The monoisotopic (exact) mass is 337 g/mol. The van der Waals surface area contributed by atoms with Crippen molar-refractivity contribution in [1.82, 2.24) is 6.15 Å². The maximum atomic E-state index is 9.00. The molecule has 8 heteroatoms. The largest absolute Gasteiger partial charge is 0.550 e. The zero-order valence-corrected chi connectivity index (χ0v) is 11.7. The van der Waals surface area contributed by atoms with E-state index in [4.69, 9.17) is 29.7 Å². The van der Waals surface area contributed by atoms with Gasteiger partial charge >= 0.3 is 0 Å². The van der Waals surface area contributed by atoms with Crippen molar-refractivity contribution < 1.29 is 71.5 Å². The fraction of sp³-hybridized carbons (Fsp3) is 0.500. The van der Waals surface area contributed by atoms with Gasteiger partial charge in [-0.3, -0.25) is 9.59 Å². The van der Waals surface area contributed by atoms with E-state index in [-0.39, 0.29) is 47.9 Å². The Morgan fingerprint density at radius 3 is 0.929 bits per heavy atom. The van der Waals surface area contributed by atoms with E-state index in [0.717, 1.165) is 20.8 Å². The van der Waals surface area contributed by atoms with E-state index in [1.807, 2.05) is 0 Å². The Balaban J connectivity index is -0.0000000270. The summed E-state index contributed by atoms with van der Waals surface area (Å²) in [4.78, 5) is 26.9. The molecule has 0 aromatic heterocycles. The number of hydrogen-bond donors (Lipinski definition) is 3. The quantitative estimate of drug-likeness (QED) is 0.532. The molecule has 0 aromatic rings. The molecule has 6 N–H and O–H groups in total. The van der Waals surface area contributed by atoms with E-state index < -0.39 is 17.9 Å². The van der Waals surface area contributed by atoms with E-state index in [1.165, 1.54) is 0 Å². The topological polar surface area (TPSA) is 151 Å². The summed E-state index contributed by atoms with van der Waals surface area (Å²) in [6.07, 6.45) is 0. The zero-order valence-electron chi connectivity index (χ0n) is 8.53. The molecule has 0 fully saturated rings. The van der Waals surface area contributed by atoms with Crippen LogP contribution in [0.25, 0.3) is 0 Å². The Hall–Kier alpha value is -0.253. The maximum Gasteiger partial charge on any atom is 0.300 e. The minimum absolute atomic E-state index is 0. The SMILES string of the molecule is CC(=O)O.CC(=O)O.CC(=O)[O-].[Ce].[NH4+]. The molecule has 14 heavy (non-hydrogen) atoms. The normalized spacial score (nSPS) is 5.36. The molecule has 0 saturated heterocycles. The Bertz CT molecular complexity index is 120.